The molecule has 60 valence electrons. The largest absolute Gasteiger partial charge is 0.505 e. The van der Waals surface area contributed by atoms with Crippen LogP contribution in [0.4, 0.5) is 8.78 Å². The number of benzene rings is 1. The van der Waals surface area contributed by atoms with Crippen molar-refractivity contribution < 1.29 is 13.9 Å². The molecule has 4 heteroatoms. The molecule has 0 heterocycles. The van der Waals surface area contributed by atoms with E-state index in [1.54, 1.807) is 0 Å². The predicted octanol–water partition coefficient (Wildman–Crippen LogP) is 2.76. The van der Waals surface area contributed by atoms with Gasteiger partial charge < -0.3 is 5.11 Å². The highest BCUT2D eigenvalue weighted by Crippen LogP contribution is 2.25. The Morgan fingerprint density at radius 2 is 2.09 bits per heavy atom. The summed E-state index contributed by atoms with van der Waals surface area (Å²) in [5.41, 5.74) is -0.142. The molecule has 0 saturated carbocycles. The first-order valence-corrected chi connectivity index (χ1v) is 3.67. The van der Waals surface area contributed by atoms with E-state index in [0.717, 1.165) is 0 Å². The highest BCUT2D eigenvalue weighted by molar-refractivity contribution is 9.10. The predicted molar refractivity (Wildman–Crippen MR) is 40.6 cm³/mol. The molecule has 1 nitrogen and oxygen atoms in total. The number of aromatic hydroxyl groups is 1. The van der Waals surface area contributed by atoms with Crippen LogP contribution in [-0.2, 0) is 6.67 Å². The quantitative estimate of drug-likeness (QED) is 0.775. The molecular formula is C7H5BrF2O. The second-order valence-electron chi connectivity index (χ2n) is 2.03. The average Bonchev–Trinajstić information content (AvgIpc) is 1.96. The SMILES string of the molecule is Oc1cc(Br)cc(CF)c1F. The van der Waals surface area contributed by atoms with Gasteiger partial charge in [0, 0.05) is 10.0 Å². The number of rotatable bonds is 1. The zero-order chi connectivity index (χ0) is 8.43. The van der Waals surface area contributed by atoms with Gasteiger partial charge in [-0.15, -0.1) is 0 Å². The van der Waals surface area contributed by atoms with Crippen molar-refractivity contribution in [3.05, 3.63) is 28.0 Å². The smallest absolute Gasteiger partial charge is 0.170 e. The lowest BCUT2D eigenvalue weighted by molar-refractivity contribution is 0.411. The first-order valence-electron chi connectivity index (χ1n) is 2.88. The molecule has 0 saturated heterocycles. The molecule has 0 radical (unpaired) electrons. The van der Waals surface area contributed by atoms with Crippen molar-refractivity contribution >= 4 is 15.9 Å². The molecule has 0 fully saturated rings. The molecule has 0 aromatic heterocycles. The van der Waals surface area contributed by atoms with Gasteiger partial charge in [-0.3, -0.25) is 0 Å². The third-order valence-corrected chi connectivity index (χ3v) is 1.70. The van der Waals surface area contributed by atoms with Gasteiger partial charge in [0.25, 0.3) is 0 Å². The standard InChI is InChI=1S/C7H5BrF2O/c8-5-1-4(3-9)7(10)6(11)2-5/h1-2,11H,3H2. The molecule has 0 aliphatic carbocycles. The van der Waals surface area contributed by atoms with Gasteiger partial charge in [0.2, 0.25) is 0 Å². The first-order chi connectivity index (χ1) is 5.15. The molecule has 1 rings (SSSR count). The van der Waals surface area contributed by atoms with Crippen molar-refractivity contribution in [2.24, 2.45) is 0 Å². The molecule has 1 aromatic rings. The molecule has 0 spiro atoms. The molecule has 1 aromatic carbocycles. The third kappa shape index (κ3) is 1.68. The zero-order valence-electron chi connectivity index (χ0n) is 5.44. The summed E-state index contributed by atoms with van der Waals surface area (Å²) in [5.74, 6) is -1.43. The Kier molecular flexibility index (Phi) is 2.44. The molecule has 0 amide bonds. The number of halogens is 3. The maximum Gasteiger partial charge on any atom is 0.170 e. The van der Waals surface area contributed by atoms with E-state index < -0.39 is 18.2 Å². The Bertz CT molecular complexity index is 275. The lowest BCUT2D eigenvalue weighted by Gasteiger charge is -2.00. The normalized spacial score (nSPS) is 10.1. The van der Waals surface area contributed by atoms with Crippen molar-refractivity contribution in [1.82, 2.24) is 0 Å². The van der Waals surface area contributed by atoms with Gasteiger partial charge in [0.05, 0.1) is 0 Å². The second kappa shape index (κ2) is 3.17. The Morgan fingerprint density at radius 3 is 2.64 bits per heavy atom. The molecule has 11 heavy (non-hydrogen) atoms. The Balaban J connectivity index is 3.24. The zero-order valence-corrected chi connectivity index (χ0v) is 7.03. The highest BCUT2D eigenvalue weighted by Gasteiger charge is 2.07. The second-order valence-corrected chi connectivity index (χ2v) is 2.95. The Labute approximate surface area is 70.8 Å². The minimum atomic E-state index is -0.918. The van der Waals surface area contributed by atoms with E-state index in [2.05, 4.69) is 15.9 Å². The maximum absolute atomic E-state index is 12.7. The van der Waals surface area contributed by atoms with Crippen molar-refractivity contribution in [2.45, 2.75) is 6.67 Å². The van der Waals surface area contributed by atoms with Crippen molar-refractivity contribution in [3.63, 3.8) is 0 Å². The van der Waals surface area contributed by atoms with E-state index in [-0.39, 0.29) is 5.56 Å². The number of hydrogen-bond donors (Lipinski definition) is 1. The van der Waals surface area contributed by atoms with Crippen LogP contribution in [0.15, 0.2) is 16.6 Å². The van der Waals surface area contributed by atoms with Crippen LogP contribution in [0.3, 0.4) is 0 Å². The maximum atomic E-state index is 12.7. The molecular weight excluding hydrogens is 218 g/mol. The monoisotopic (exact) mass is 222 g/mol. The van der Waals surface area contributed by atoms with E-state index in [1.807, 2.05) is 0 Å². The molecule has 0 atom stereocenters. The van der Waals surface area contributed by atoms with Gasteiger partial charge in [-0.1, -0.05) is 15.9 Å². The van der Waals surface area contributed by atoms with Crippen LogP contribution < -0.4 is 0 Å². The van der Waals surface area contributed by atoms with E-state index in [0.29, 0.717) is 4.47 Å². The van der Waals surface area contributed by atoms with Gasteiger partial charge in [0.15, 0.2) is 11.6 Å². The van der Waals surface area contributed by atoms with Crippen molar-refractivity contribution in [2.75, 3.05) is 0 Å². The summed E-state index contributed by atoms with van der Waals surface area (Å²) in [7, 11) is 0. The summed E-state index contributed by atoms with van der Waals surface area (Å²) in [5, 5.41) is 8.84. The van der Waals surface area contributed by atoms with E-state index in [1.165, 1.54) is 12.1 Å². The fourth-order valence-corrected chi connectivity index (χ4v) is 1.22. The first kappa shape index (κ1) is 8.46. The Hall–Kier alpha value is -0.640. The summed E-state index contributed by atoms with van der Waals surface area (Å²) < 4.78 is 25.1. The fraction of sp³-hybridized carbons (Fsp3) is 0.143. The van der Waals surface area contributed by atoms with Crippen LogP contribution in [0.2, 0.25) is 0 Å². The summed E-state index contributed by atoms with van der Waals surface area (Å²) in [6, 6.07) is 2.46. The lowest BCUT2D eigenvalue weighted by Crippen LogP contribution is -1.86. The lowest BCUT2D eigenvalue weighted by atomic mass is 10.2. The van der Waals surface area contributed by atoms with Gasteiger partial charge in [-0.2, -0.15) is 0 Å². The van der Waals surface area contributed by atoms with Crippen LogP contribution in [0.1, 0.15) is 5.56 Å². The average molecular weight is 223 g/mol. The Morgan fingerprint density at radius 1 is 1.45 bits per heavy atom. The highest BCUT2D eigenvalue weighted by atomic mass is 79.9. The molecule has 1 N–H and O–H groups in total. The van der Waals surface area contributed by atoms with Crippen LogP contribution in [0, 0.1) is 5.82 Å². The minimum Gasteiger partial charge on any atom is -0.505 e. The topological polar surface area (TPSA) is 20.2 Å². The fourth-order valence-electron chi connectivity index (χ4n) is 0.727. The summed E-state index contributed by atoms with van der Waals surface area (Å²) in [6.45, 7) is -0.918. The van der Waals surface area contributed by atoms with E-state index >= 15 is 0 Å². The third-order valence-electron chi connectivity index (χ3n) is 1.24. The molecule has 0 unspecified atom stereocenters. The van der Waals surface area contributed by atoms with Gasteiger partial charge >= 0.3 is 0 Å². The summed E-state index contributed by atoms with van der Waals surface area (Å²) in [6.07, 6.45) is 0. The van der Waals surface area contributed by atoms with Gasteiger partial charge in [0.1, 0.15) is 6.67 Å². The number of hydrogen-bond acceptors (Lipinski definition) is 1. The number of phenolic OH excluding ortho intramolecular Hbond substituents is 1. The van der Waals surface area contributed by atoms with Crippen LogP contribution in [0.25, 0.3) is 0 Å². The number of phenols is 1. The summed E-state index contributed by atoms with van der Waals surface area (Å²) in [4.78, 5) is 0. The van der Waals surface area contributed by atoms with Crippen molar-refractivity contribution in [3.8, 4) is 5.75 Å². The number of alkyl halides is 1. The van der Waals surface area contributed by atoms with Crippen LogP contribution >= 0.6 is 15.9 Å². The van der Waals surface area contributed by atoms with E-state index in [9.17, 15) is 8.78 Å². The minimum absolute atomic E-state index is 0.142. The van der Waals surface area contributed by atoms with Crippen molar-refractivity contribution in [1.29, 1.82) is 0 Å². The van der Waals surface area contributed by atoms with Crippen LogP contribution in [-0.4, -0.2) is 5.11 Å². The summed E-state index contributed by atoms with van der Waals surface area (Å²) >= 11 is 2.99. The van der Waals surface area contributed by atoms with Gasteiger partial charge in [-0.25, -0.2) is 8.78 Å². The van der Waals surface area contributed by atoms with Crippen LogP contribution in [0.5, 0.6) is 5.75 Å². The molecule has 0 bridgehead atoms. The van der Waals surface area contributed by atoms with E-state index in [4.69, 9.17) is 5.11 Å². The molecule has 0 aliphatic rings. The van der Waals surface area contributed by atoms with Gasteiger partial charge in [-0.05, 0) is 12.1 Å². The molecule has 0 aliphatic heterocycles.